The fraction of sp³-hybridized carbons (Fsp3) is 0.300. The van der Waals surface area contributed by atoms with Gasteiger partial charge in [-0.05, 0) is 56.6 Å². The average Bonchev–Trinajstić information content (AvgIpc) is 3.03. The quantitative estimate of drug-likeness (QED) is 0.574. The fourth-order valence-electron chi connectivity index (χ4n) is 2.92. The number of fused-ring (bicyclic) bond motifs is 1. The Morgan fingerprint density at radius 2 is 1.92 bits per heavy atom. The molecule has 0 aliphatic heterocycles. The number of benzene rings is 2. The average molecular weight is 340 g/mol. The summed E-state index contributed by atoms with van der Waals surface area (Å²) in [6, 6.07) is 14.8. The molecule has 0 atom stereocenters. The van der Waals surface area contributed by atoms with Crippen molar-refractivity contribution in [2.24, 2.45) is 0 Å². The molecular formula is C20H24N2OS. The number of aromatic nitrogens is 1. The van der Waals surface area contributed by atoms with Gasteiger partial charge in [-0.3, -0.25) is 0 Å². The predicted octanol–water partition coefficient (Wildman–Crippen LogP) is 4.87. The van der Waals surface area contributed by atoms with Gasteiger partial charge in [0.05, 0.1) is 18.0 Å². The summed E-state index contributed by atoms with van der Waals surface area (Å²) >= 11 is 1.82. The van der Waals surface area contributed by atoms with Gasteiger partial charge in [-0.2, -0.15) is 0 Å². The molecule has 24 heavy (non-hydrogen) atoms. The van der Waals surface area contributed by atoms with Crippen LogP contribution in [0, 0.1) is 0 Å². The van der Waals surface area contributed by atoms with E-state index in [9.17, 15) is 0 Å². The van der Waals surface area contributed by atoms with E-state index in [0.717, 1.165) is 29.6 Å². The van der Waals surface area contributed by atoms with E-state index in [1.807, 2.05) is 30.9 Å². The van der Waals surface area contributed by atoms with Gasteiger partial charge in [-0.1, -0.05) is 36.0 Å². The van der Waals surface area contributed by atoms with Crippen molar-refractivity contribution in [3.05, 3.63) is 54.2 Å². The molecule has 0 saturated carbocycles. The van der Waals surface area contributed by atoms with Crippen molar-refractivity contribution >= 4 is 22.7 Å². The molecule has 0 amide bonds. The lowest BCUT2D eigenvalue weighted by molar-refractivity contribution is 0.419. The first-order valence-corrected chi connectivity index (χ1v) is 9.19. The highest BCUT2D eigenvalue weighted by atomic mass is 32.2. The van der Waals surface area contributed by atoms with Crippen LogP contribution in [0.5, 0.6) is 5.75 Å². The molecule has 3 rings (SSSR count). The number of ether oxygens (including phenoxy) is 1. The van der Waals surface area contributed by atoms with Crippen LogP contribution in [0.4, 0.5) is 0 Å². The molecule has 0 aliphatic rings. The van der Waals surface area contributed by atoms with Crippen LogP contribution in [0.3, 0.4) is 0 Å². The number of hydrogen-bond donors (Lipinski definition) is 2. The molecule has 0 bridgehead atoms. The van der Waals surface area contributed by atoms with Crippen LogP contribution in [0.15, 0.2) is 58.5 Å². The maximum Gasteiger partial charge on any atom is 0.129 e. The fourth-order valence-corrected chi connectivity index (χ4v) is 4.03. The molecular weight excluding hydrogens is 316 g/mol. The minimum Gasteiger partial charge on any atom is -0.496 e. The molecule has 0 spiro atoms. The van der Waals surface area contributed by atoms with Gasteiger partial charge in [0, 0.05) is 16.0 Å². The summed E-state index contributed by atoms with van der Waals surface area (Å²) in [4.78, 5) is 5.89. The summed E-state index contributed by atoms with van der Waals surface area (Å²) in [6.07, 6.45) is 5.60. The monoisotopic (exact) mass is 340 g/mol. The highest BCUT2D eigenvalue weighted by Crippen LogP contribution is 2.39. The summed E-state index contributed by atoms with van der Waals surface area (Å²) < 4.78 is 5.55. The van der Waals surface area contributed by atoms with E-state index in [0.29, 0.717) is 0 Å². The predicted molar refractivity (Wildman–Crippen MR) is 102 cm³/mol. The maximum atomic E-state index is 5.55. The number of aromatic amines is 1. The number of nitrogens with one attached hydrogen (secondary N) is 2. The van der Waals surface area contributed by atoms with Crippen LogP contribution in [0.25, 0.3) is 10.9 Å². The number of rotatable bonds is 8. The van der Waals surface area contributed by atoms with Crippen molar-refractivity contribution < 1.29 is 4.74 Å². The van der Waals surface area contributed by atoms with Crippen molar-refractivity contribution in [1.82, 2.24) is 10.3 Å². The van der Waals surface area contributed by atoms with Gasteiger partial charge in [0.2, 0.25) is 0 Å². The van der Waals surface area contributed by atoms with E-state index < -0.39 is 0 Å². The SMILES string of the molecule is CNCCCCc1ccccc1Sc1c[nH]c2cccc(OC)c12. The lowest BCUT2D eigenvalue weighted by atomic mass is 10.1. The Morgan fingerprint density at radius 3 is 2.75 bits per heavy atom. The van der Waals surface area contributed by atoms with Crippen LogP contribution >= 0.6 is 11.8 Å². The standard InChI is InChI=1S/C20H24N2OS/c1-21-13-6-5-9-15-8-3-4-12-18(15)24-19-14-22-16-10-7-11-17(23-2)20(16)19/h3-4,7-8,10-12,14,21-22H,5-6,9,13H2,1-2H3. The third kappa shape index (κ3) is 3.77. The molecule has 2 aromatic carbocycles. The zero-order chi connectivity index (χ0) is 16.8. The van der Waals surface area contributed by atoms with Gasteiger partial charge in [-0.25, -0.2) is 0 Å². The molecule has 0 aliphatic carbocycles. The molecule has 3 nitrogen and oxygen atoms in total. The third-order valence-electron chi connectivity index (χ3n) is 4.17. The van der Waals surface area contributed by atoms with Crippen LogP contribution in [-0.2, 0) is 6.42 Å². The van der Waals surface area contributed by atoms with E-state index in [2.05, 4.69) is 46.8 Å². The molecule has 0 unspecified atom stereocenters. The molecule has 1 heterocycles. The molecule has 0 fully saturated rings. The maximum absolute atomic E-state index is 5.55. The van der Waals surface area contributed by atoms with Crippen molar-refractivity contribution in [1.29, 1.82) is 0 Å². The zero-order valence-corrected chi connectivity index (χ0v) is 15.1. The van der Waals surface area contributed by atoms with E-state index >= 15 is 0 Å². The van der Waals surface area contributed by atoms with E-state index in [1.54, 1.807) is 7.11 Å². The second-order valence-electron chi connectivity index (χ2n) is 5.81. The largest absolute Gasteiger partial charge is 0.496 e. The third-order valence-corrected chi connectivity index (χ3v) is 5.33. The van der Waals surface area contributed by atoms with Crippen molar-refractivity contribution in [2.75, 3.05) is 20.7 Å². The smallest absolute Gasteiger partial charge is 0.129 e. The Hall–Kier alpha value is -1.91. The minimum atomic E-state index is 0.919. The highest BCUT2D eigenvalue weighted by Gasteiger charge is 2.12. The summed E-state index contributed by atoms with van der Waals surface area (Å²) in [7, 11) is 3.74. The number of hydrogen-bond acceptors (Lipinski definition) is 3. The summed E-state index contributed by atoms with van der Waals surface area (Å²) in [5.41, 5.74) is 2.53. The van der Waals surface area contributed by atoms with Gasteiger partial charge in [-0.15, -0.1) is 0 Å². The van der Waals surface area contributed by atoms with Gasteiger partial charge in [0.25, 0.3) is 0 Å². The Morgan fingerprint density at radius 1 is 1.04 bits per heavy atom. The summed E-state index contributed by atoms with van der Waals surface area (Å²) in [6.45, 7) is 1.08. The lowest BCUT2D eigenvalue weighted by Gasteiger charge is -2.09. The summed E-state index contributed by atoms with van der Waals surface area (Å²) in [5.74, 6) is 0.919. The van der Waals surface area contributed by atoms with Gasteiger partial charge < -0.3 is 15.0 Å². The minimum absolute atomic E-state index is 0.919. The van der Waals surface area contributed by atoms with Gasteiger partial charge in [0.15, 0.2) is 0 Å². The first-order valence-electron chi connectivity index (χ1n) is 8.38. The second kappa shape index (κ2) is 8.27. The van der Waals surface area contributed by atoms with E-state index in [1.165, 1.54) is 28.2 Å². The van der Waals surface area contributed by atoms with Crippen LogP contribution in [0.2, 0.25) is 0 Å². The van der Waals surface area contributed by atoms with Crippen LogP contribution in [-0.4, -0.2) is 25.7 Å². The number of aryl methyl sites for hydroxylation is 1. The topological polar surface area (TPSA) is 37.0 Å². The molecule has 0 saturated heterocycles. The first-order chi connectivity index (χ1) is 11.8. The Balaban J connectivity index is 1.84. The number of H-pyrrole nitrogens is 1. The summed E-state index contributed by atoms with van der Waals surface area (Å²) in [5, 5.41) is 4.38. The van der Waals surface area contributed by atoms with Gasteiger partial charge in [0.1, 0.15) is 5.75 Å². The number of unbranched alkanes of at least 4 members (excludes halogenated alkanes) is 1. The zero-order valence-electron chi connectivity index (χ0n) is 14.3. The molecule has 126 valence electrons. The lowest BCUT2D eigenvalue weighted by Crippen LogP contribution is -2.07. The first kappa shape index (κ1) is 16.9. The highest BCUT2D eigenvalue weighted by molar-refractivity contribution is 7.99. The molecule has 1 aromatic heterocycles. The molecule has 4 heteroatoms. The van der Waals surface area contributed by atoms with Crippen molar-refractivity contribution in [2.45, 2.75) is 29.1 Å². The number of methoxy groups -OCH3 is 1. The Labute approximate surface area is 147 Å². The van der Waals surface area contributed by atoms with Crippen molar-refractivity contribution in [3.63, 3.8) is 0 Å². The molecule has 3 aromatic rings. The van der Waals surface area contributed by atoms with Crippen LogP contribution in [0.1, 0.15) is 18.4 Å². The molecule has 2 N–H and O–H groups in total. The van der Waals surface area contributed by atoms with Crippen LogP contribution < -0.4 is 10.1 Å². The second-order valence-corrected chi connectivity index (χ2v) is 6.89. The van der Waals surface area contributed by atoms with E-state index in [4.69, 9.17) is 4.74 Å². The molecule has 0 radical (unpaired) electrons. The Bertz CT molecular complexity index is 797. The van der Waals surface area contributed by atoms with Gasteiger partial charge >= 0.3 is 0 Å². The van der Waals surface area contributed by atoms with Crippen molar-refractivity contribution in [3.8, 4) is 5.75 Å². The van der Waals surface area contributed by atoms with E-state index in [-0.39, 0.29) is 0 Å². The Kier molecular flexibility index (Phi) is 5.83. The normalized spacial score (nSPS) is 11.1.